The molecule has 3 amide bonds. The van der Waals surface area contributed by atoms with E-state index in [2.05, 4.69) is 16.0 Å². The molecular formula is C26H32FN3O4. The van der Waals surface area contributed by atoms with Gasteiger partial charge in [-0.2, -0.15) is 0 Å². The Morgan fingerprint density at radius 3 is 2.26 bits per heavy atom. The van der Waals surface area contributed by atoms with Crippen molar-refractivity contribution in [2.24, 2.45) is 5.92 Å². The molecule has 0 aromatic heterocycles. The van der Waals surface area contributed by atoms with Gasteiger partial charge in [0, 0.05) is 5.69 Å². The lowest BCUT2D eigenvalue weighted by Crippen LogP contribution is -2.46. The van der Waals surface area contributed by atoms with Gasteiger partial charge in [-0.05, 0) is 73.9 Å². The molecule has 1 saturated carbocycles. The van der Waals surface area contributed by atoms with Crippen molar-refractivity contribution < 1.29 is 23.9 Å². The first-order valence-corrected chi connectivity index (χ1v) is 11.7. The lowest BCUT2D eigenvalue weighted by atomic mass is 9.84. The van der Waals surface area contributed by atoms with Crippen molar-refractivity contribution in [2.75, 3.05) is 10.6 Å². The van der Waals surface area contributed by atoms with Crippen LogP contribution in [0.15, 0.2) is 30.3 Å². The van der Waals surface area contributed by atoms with Gasteiger partial charge < -0.3 is 21.1 Å². The number of benzene rings is 2. The van der Waals surface area contributed by atoms with Crippen LogP contribution >= 0.6 is 0 Å². The molecule has 182 valence electrons. The highest BCUT2D eigenvalue weighted by Crippen LogP contribution is 2.28. The summed E-state index contributed by atoms with van der Waals surface area (Å²) < 4.78 is 14.0. The third kappa shape index (κ3) is 6.12. The van der Waals surface area contributed by atoms with Gasteiger partial charge in [-0.15, -0.1) is 0 Å². The fraction of sp³-hybridized carbons (Fsp3) is 0.423. The van der Waals surface area contributed by atoms with Crippen molar-refractivity contribution >= 4 is 29.3 Å². The molecule has 1 aliphatic rings. The third-order valence-electron chi connectivity index (χ3n) is 6.39. The van der Waals surface area contributed by atoms with Crippen LogP contribution < -0.4 is 16.0 Å². The Morgan fingerprint density at radius 2 is 1.68 bits per heavy atom. The average molecular weight is 470 g/mol. The molecular weight excluding hydrogens is 437 g/mol. The maximum atomic E-state index is 14.0. The van der Waals surface area contributed by atoms with Crippen molar-refractivity contribution in [3.8, 4) is 0 Å². The Bertz CT molecular complexity index is 1060. The van der Waals surface area contributed by atoms with Crippen molar-refractivity contribution in [3.05, 3.63) is 58.4 Å². The van der Waals surface area contributed by atoms with Gasteiger partial charge in [0.1, 0.15) is 11.9 Å². The molecule has 1 atom stereocenters. The number of nitrogens with one attached hydrogen (secondary N) is 3. The van der Waals surface area contributed by atoms with Crippen molar-refractivity contribution in [1.29, 1.82) is 0 Å². The summed E-state index contributed by atoms with van der Waals surface area (Å²) in [4.78, 5) is 37.6. The van der Waals surface area contributed by atoms with Crippen molar-refractivity contribution in [1.82, 2.24) is 5.32 Å². The first-order chi connectivity index (χ1) is 16.2. The highest BCUT2D eigenvalue weighted by atomic mass is 19.1. The van der Waals surface area contributed by atoms with Gasteiger partial charge in [-0.3, -0.25) is 4.79 Å². The first-order valence-electron chi connectivity index (χ1n) is 11.7. The number of hydrogen-bond donors (Lipinski definition) is 4. The topological polar surface area (TPSA) is 108 Å². The quantitative estimate of drug-likeness (QED) is 0.435. The number of anilines is 2. The van der Waals surface area contributed by atoms with Gasteiger partial charge >= 0.3 is 12.0 Å². The Kier molecular flexibility index (Phi) is 8.26. The number of aryl methyl sites for hydroxylation is 3. The molecule has 0 heterocycles. The fourth-order valence-electron chi connectivity index (χ4n) is 4.61. The van der Waals surface area contributed by atoms with E-state index in [1.54, 1.807) is 0 Å². The number of amides is 3. The van der Waals surface area contributed by atoms with E-state index in [-0.39, 0.29) is 17.2 Å². The molecule has 4 N–H and O–H groups in total. The van der Waals surface area contributed by atoms with Gasteiger partial charge in [0.05, 0.1) is 11.3 Å². The van der Waals surface area contributed by atoms with Crippen LogP contribution in [0.4, 0.5) is 20.6 Å². The van der Waals surface area contributed by atoms with E-state index in [9.17, 15) is 23.9 Å². The van der Waals surface area contributed by atoms with E-state index in [1.807, 2.05) is 32.9 Å². The summed E-state index contributed by atoms with van der Waals surface area (Å²) in [6.45, 7) is 5.83. The Hall–Kier alpha value is -3.42. The van der Waals surface area contributed by atoms with Crippen LogP contribution in [0.1, 0.15) is 66.1 Å². The largest absolute Gasteiger partial charge is 0.480 e. The molecule has 8 heteroatoms. The molecule has 0 unspecified atom stereocenters. The van der Waals surface area contributed by atoms with Gasteiger partial charge in [0.25, 0.3) is 5.91 Å². The molecule has 2 aromatic carbocycles. The summed E-state index contributed by atoms with van der Waals surface area (Å²) in [5.74, 6) is -2.56. The molecule has 0 saturated heterocycles. The van der Waals surface area contributed by atoms with E-state index in [0.29, 0.717) is 5.69 Å². The zero-order valence-corrected chi connectivity index (χ0v) is 19.8. The minimum absolute atomic E-state index is 0.00613. The molecule has 0 radical (unpaired) electrons. The Balaban J connectivity index is 1.78. The second kappa shape index (κ2) is 11.1. The van der Waals surface area contributed by atoms with E-state index >= 15 is 0 Å². The summed E-state index contributed by atoms with van der Waals surface area (Å²) >= 11 is 0. The zero-order valence-electron chi connectivity index (χ0n) is 19.8. The standard InChI is InChI=1S/C26H32FN3O4/c1-4-17-12-15(2)22(16(3)13-17)30-26(34)28-21-14-19(27)10-11-20(21)24(31)29-23(25(32)33)18-8-6-5-7-9-18/h10-14,18,23H,4-9H2,1-3H3,(H,29,31)(H,32,33)(H2,28,30,34)/t23-/m0/s1. The zero-order chi connectivity index (χ0) is 24.8. The SMILES string of the molecule is CCc1cc(C)c(NC(=O)Nc2cc(F)ccc2C(=O)N[C@H](C(=O)O)C2CCCCC2)c(C)c1. The smallest absolute Gasteiger partial charge is 0.326 e. The minimum atomic E-state index is -1.10. The van der Waals surface area contributed by atoms with E-state index < -0.39 is 29.8 Å². The highest BCUT2D eigenvalue weighted by Gasteiger charge is 2.31. The predicted octanol–water partition coefficient (Wildman–Crippen LogP) is 5.41. The molecule has 3 rings (SSSR count). The monoisotopic (exact) mass is 469 g/mol. The van der Waals surface area contributed by atoms with E-state index in [4.69, 9.17) is 0 Å². The number of halogens is 1. The lowest BCUT2D eigenvalue weighted by Gasteiger charge is -2.28. The predicted molar refractivity (Wildman–Crippen MR) is 130 cm³/mol. The summed E-state index contributed by atoms with van der Waals surface area (Å²) in [5, 5.41) is 17.6. The number of hydrogen-bond acceptors (Lipinski definition) is 3. The van der Waals surface area contributed by atoms with Gasteiger partial charge in [0.15, 0.2) is 0 Å². The highest BCUT2D eigenvalue weighted by molar-refractivity contribution is 6.07. The first kappa shape index (κ1) is 25.2. The lowest BCUT2D eigenvalue weighted by molar-refractivity contribution is -0.141. The van der Waals surface area contributed by atoms with Gasteiger partial charge in [0.2, 0.25) is 0 Å². The summed E-state index contributed by atoms with van der Waals surface area (Å²) in [6, 6.07) is 5.70. The molecule has 1 aliphatic carbocycles. The number of aliphatic carboxylic acids is 1. The Labute approximate surface area is 199 Å². The number of urea groups is 1. The molecule has 2 aromatic rings. The normalized spacial score (nSPS) is 14.8. The molecule has 0 aliphatic heterocycles. The Morgan fingerprint density at radius 1 is 1.03 bits per heavy atom. The summed E-state index contributed by atoms with van der Waals surface area (Å²) in [6.07, 6.45) is 5.22. The van der Waals surface area contributed by atoms with E-state index in [0.717, 1.165) is 67.3 Å². The third-order valence-corrected chi connectivity index (χ3v) is 6.39. The van der Waals surface area contributed by atoms with Crippen LogP contribution in [0.25, 0.3) is 0 Å². The average Bonchev–Trinajstić information content (AvgIpc) is 2.80. The van der Waals surface area contributed by atoms with Crippen LogP contribution in [0, 0.1) is 25.6 Å². The van der Waals surface area contributed by atoms with Crippen LogP contribution in [0.2, 0.25) is 0 Å². The molecule has 0 bridgehead atoms. The van der Waals surface area contributed by atoms with Gasteiger partial charge in [-0.1, -0.05) is 38.3 Å². The molecule has 7 nitrogen and oxygen atoms in total. The second-order valence-electron chi connectivity index (χ2n) is 8.91. The number of carbonyl (C=O) groups excluding carboxylic acids is 2. The maximum absolute atomic E-state index is 14.0. The number of carbonyl (C=O) groups is 3. The molecule has 1 fully saturated rings. The molecule has 34 heavy (non-hydrogen) atoms. The van der Waals surface area contributed by atoms with Gasteiger partial charge in [-0.25, -0.2) is 14.0 Å². The number of rotatable bonds is 7. The minimum Gasteiger partial charge on any atom is -0.480 e. The summed E-state index contributed by atoms with van der Waals surface area (Å²) in [7, 11) is 0. The van der Waals surface area contributed by atoms with Crippen LogP contribution in [0.5, 0.6) is 0 Å². The van der Waals surface area contributed by atoms with Crippen LogP contribution in [-0.4, -0.2) is 29.1 Å². The van der Waals surface area contributed by atoms with Crippen molar-refractivity contribution in [2.45, 2.75) is 65.3 Å². The van der Waals surface area contributed by atoms with E-state index in [1.165, 1.54) is 6.07 Å². The van der Waals surface area contributed by atoms with Crippen LogP contribution in [-0.2, 0) is 11.2 Å². The molecule has 0 spiro atoms. The number of carboxylic acid groups (broad SMARTS) is 1. The number of carboxylic acids is 1. The maximum Gasteiger partial charge on any atom is 0.326 e. The second-order valence-corrected chi connectivity index (χ2v) is 8.91. The fourth-order valence-corrected chi connectivity index (χ4v) is 4.61. The van der Waals surface area contributed by atoms with Crippen molar-refractivity contribution in [3.63, 3.8) is 0 Å². The van der Waals surface area contributed by atoms with Crippen LogP contribution in [0.3, 0.4) is 0 Å². The summed E-state index contributed by atoms with van der Waals surface area (Å²) in [5.41, 5.74) is 3.52.